The SMILES string of the molecule is CC1CCCCC1.CC1CCCCC1.O=[PH](O)O. The highest BCUT2D eigenvalue weighted by atomic mass is 31.1. The van der Waals surface area contributed by atoms with Crippen molar-refractivity contribution in [2.45, 2.75) is 78.1 Å². The molecule has 0 aliphatic heterocycles. The zero-order valence-electron chi connectivity index (χ0n) is 12.0. The molecule has 0 aromatic carbocycles. The quantitative estimate of drug-likeness (QED) is 0.640. The van der Waals surface area contributed by atoms with Gasteiger partial charge in [0, 0.05) is 0 Å². The van der Waals surface area contributed by atoms with Crippen molar-refractivity contribution in [1.82, 2.24) is 0 Å². The van der Waals surface area contributed by atoms with Crippen LogP contribution >= 0.6 is 8.25 Å². The van der Waals surface area contributed by atoms with E-state index < -0.39 is 8.25 Å². The van der Waals surface area contributed by atoms with Gasteiger partial charge in [-0.15, -0.1) is 0 Å². The summed E-state index contributed by atoms with van der Waals surface area (Å²) >= 11 is 0. The standard InChI is InChI=1S/2C7H14.H3O3P/c2*1-7-5-3-2-4-6-7;1-4(2)3/h2*7H,2-6H2,1H3;4H,(H2,1,2,3). The molecule has 0 unspecified atom stereocenters. The molecule has 0 heterocycles. The molecular formula is C14H31O3P. The van der Waals surface area contributed by atoms with E-state index in [1.807, 2.05) is 0 Å². The second-order valence-electron chi connectivity index (χ2n) is 5.77. The number of hydrogen-bond donors (Lipinski definition) is 2. The molecule has 0 bridgehead atoms. The lowest BCUT2D eigenvalue weighted by molar-refractivity contribution is 0.385. The minimum atomic E-state index is -3.13. The van der Waals surface area contributed by atoms with Crippen LogP contribution in [0.1, 0.15) is 78.1 Å². The normalized spacial score (nSPS) is 21.6. The fourth-order valence-electron chi connectivity index (χ4n) is 2.61. The summed E-state index contributed by atoms with van der Waals surface area (Å²) < 4.78 is 8.74. The monoisotopic (exact) mass is 278 g/mol. The molecule has 2 N–H and O–H groups in total. The first kappa shape index (κ1) is 18.1. The van der Waals surface area contributed by atoms with Crippen molar-refractivity contribution in [1.29, 1.82) is 0 Å². The topological polar surface area (TPSA) is 57.5 Å². The molecule has 0 radical (unpaired) electrons. The van der Waals surface area contributed by atoms with Crippen LogP contribution in [0.15, 0.2) is 0 Å². The summed E-state index contributed by atoms with van der Waals surface area (Å²) in [6.07, 6.45) is 14.9. The predicted octanol–water partition coefficient (Wildman–Crippen LogP) is 4.53. The molecule has 4 heteroatoms. The first-order valence-electron chi connectivity index (χ1n) is 7.44. The van der Waals surface area contributed by atoms with Crippen LogP contribution < -0.4 is 0 Å². The lowest BCUT2D eigenvalue weighted by Gasteiger charge is -2.15. The third kappa shape index (κ3) is 14.2. The van der Waals surface area contributed by atoms with Crippen LogP contribution in [0.5, 0.6) is 0 Å². The molecule has 0 aromatic heterocycles. The highest BCUT2D eigenvalue weighted by molar-refractivity contribution is 7.30. The summed E-state index contributed by atoms with van der Waals surface area (Å²) in [5.74, 6) is 2.07. The molecule has 2 aliphatic rings. The highest BCUT2D eigenvalue weighted by Crippen LogP contribution is 2.22. The maximum absolute atomic E-state index is 8.74. The van der Waals surface area contributed by atoms with Crippen LogP contribution in [0.25, 0.3) is 0 Å². The van der Waals surface area contributed by atoms with Crippen LogP contribution in [0.3, 0.4) is 0 Å². The Labute approximate surface area is 113 Å². The average Bonchev–Trinajstić information content (AvgIpc) is 2.31. The Hall–Kier alpha value is 0.150. The van der Waals surface area contributed by atoms with E-state index in [0.29, 0.717) is 0 Å². The smallest absolute Gasteiger partial charge is 0.314 e. The fraction of sp³-hybridized carbons (Fsp3) is 1.00. The second-order valence-corrected chi connectivity index (χ2v) is 6.33. The molecule has 2 saturated carbocycles. The van der Waals surface area contributed by atoms with Crippen LogP contribution in [0, 0.1) is 11.8 Å². The zero-order chi connectivity index (χ0) is 13.8. The van der Waals surface area contributed by atoms with E-state index >= 15 is 0 Å². The molecule has 0 aromatic rings. The lowest BCUT2D eigenvalue weighted by atomic mass is 9.91. The predicted molar refractivity (Wildman–Crippen MR) is 77.9 cm³/mol. The van der Waals surface area contributed by atoms with E-state index in [1.165, 1.54) is 64.2 Å². The molecule has 0 amide bonds. The summed E-state index contributed by atoms with van der Waals surface area (Å²) in [5, 5.41) is 0. The Morgan fingerprint density at radius 2 is 0.944 bits per heavy atom. The van der Waals surface area contributed by atoms with Gasteiger partial charge >= 0.3 is 8.25 Å². The first-order chi connectivity index (χ1) is 8.52. The molecule has 3 nitrogen and oxygen atoms in total. The lowest BCUT2D eigenvalue weighted by Crippen LogP contribution is -1.99. The molecule has 2 rings (SSSR count). The van der Waals surface area contributed by atoms with Gasteiger partial charge in [0.05, 0.1) is 0 Å². The van der Waals surface area contributed by atoms with Gasteiger partial charge in [0.25, 0.3) is 0 Å². The molecule has 0 spiro atoms. The van der Waals surface area contributed by atoms with Gasteiger partial charge in [-0.05, 0) is 11.8 Å². The number of rotatable bonds is 0. The Kier molecular flexibility index (Phi) is 12.3. The van der Waals surface area contributed by atoms with Gasteiger partial charge in [0.1, 0.15) is 0 Å². The van der Waals surface area contributed by atoms with Crippen molar-refractivity contribution in [2.24, 2.45) is 11.8 Å². The largest absolute Gasteiger partial charge is 0.326 e. The zero-order valence-corrected chi connectivity index (χ0v) is 13.0. The van der Waals surface area contributed by atoms with Gasteiger partial charge in [-0.3, -0.25) is 4.57 Å². The Morgan fingerprint density at radius 3 is 1.06 bits per heavy atom. The molecule has 110 valence electrons. The molecule has 2 fully saturated rings. The Bertz CT molecular complexity index is 177. The van der Waals surface area contributed by atoms with E-state index in [2.05, 4.69) is 13.8 Å². The average molecular weight is 278 g/mol. The van der Waals surface area contributed by atoms with Crippen molar-refractivity contribution >= 4 is 8.25 Å². The minimum absolute atomic E-state index is 1.04. The maximum Gasteiger partial charge on any atom is 0.314 e. The third-order valence-corrected chi connectivity index (χ3v) is 3.79. The molecular weight excluding hydrogens is 247 g/mol. The summed E-state index contributed by atoms with van der Waals surface area (Å²) in [6.45, 7) is 4.72. The maximum atomic E-state index is 8.74. The van der Waals surface area contributed by atoms with Crippen LogP contribution in [-0.4, -0.2) is 9.79 Å². The van der Waals surface area contributed by atoms with E-state index in [0.717, 1.165) is 11.8 Å². The van der Waals surface area contributed by atoms with E-state index in [1.54, 1.807) is 0 Å². The van der Waals surface area contributed by atoms with Crippen molar-refractivity contribution in [3.63, 3.8) is 0 Å². The van der Waals surface area contributed by atoms with Gasteiger partial charge in [-0.25, -0.2) is 0 Å². The molecule has 0 saturated heterocycles. The Morgan fingerprint density at radius 1 is 0.722 bits per heavy atom. The van der Waals surface area contributed by atoms with Crippen LogP contribution in [0.2, 0.25) is 0 Å². The van der Waals surface area contributed by atoms with Crippen LogP contribution in [0.4, 0.5) is 0 Å². The molecule has 0 atom stereocenters. The van der Waals surface area contributed by atoms with Crippen molar-refractivity contribution < 1.29 is 14.4 Å². The number of hydrogen-bond acceptors (Lipinski definition) is 1. The molecule has 2 aliphatic carbocycles. The van der Waals surface area contributed by atoms with Gasteiger partial charge < -0.3 is 9.79 Å². The summed E-state index contributed by atoms with van der Waals surface area (Å²) in [4.78, 5) is 14.3. The first-order valence-corrected chi connectivity index (χ1v) is 8.74. The van der Waals surface area contributed by atoms with Gasteiger partial charge in [0.15, 0.2) is 0 Å². The fourth-order valence-corrected chi connectivity index (χ4v) is 2.61. The van der Waals surface area contributed by atoms with Crippen molar-refractivity contribution in [3.05, 3.63) is 0 Å². The summed E-state index contributed by atoms with van der Waals surface area (Å²) in [5.41, 5.74) is 0. The van der Waals surface area contributed by atoms with Crippen molar-refractivity contribution in [2.75, 3.05) is 0 Å². The third-order valence-electron chi connectivity index (χ3n) is 3.79. The molecule has 18 heavy (non-hydrogen) atoms. The highest BCUT2D eigenvalue weighted by Gasteiger charge is 2.06. The summed E-state index contributed by atoms with van der Waals surface area (Å²) in [7, 11) is -3.13. The minimum Gasteiger partial charge on any atom is -0.326 e. The second kappa shape index (κ2) is 12.2. The van der Waals surface area contributed by atoms with E-state index in [9.17, 15) is 0 Å². The van der Waals surface area contributed by atoms with E-state index in [4.69, 9.17) is 14.4 Å². The van der Waals surface area contributed by atoms with Gasteiger partial charge in [-0.1, -0.05) is 78.1 Å². The van der Waals surface area contributed by atoms with Gasteiger partial charge in [0.2, 0.25) is 0 Å². The van der Waals surface area contributed by atoms with Crippen molar-refractivity contribution in [3.8, 4) is 0 Å². The summed E-state index contributed by atoms with van der Waals surface area (Å²) in [6, 6.07) is 0. The van der Waals surface area contributed by atoms with Gasteiger partial charge in [-0.2, -0.15) is 0 Å². The Balaban J connectivity index is 0.000000253. The van der Waals surface area contributed by atoms with E-state index in [-0.39, 0.29) is 0 Å². The van der Waals surface area contributed by atoms with Crippen LogP contribution in [-0.2, 0) is 4.57 Å².